The third-order valence-corrected chi connectivity index (χ3v) is 8.40. The van der Waals surface area contributed by atoms with Crippen LogP contribution in [-0.2, 0) is 27.7 Å². The lowest BCUT2D eigenvalue weighted by Crippen LogP contribution is -2.25. The lowest BCUT2D eigenvalue weighted by molar-refractivity contribution is -0.120. The minimum Gasteiger partial charge on any atom is -0.366 e. The molecule has 5 rings (SSSR count). The zero-order valence-electron chi connectivity index (χ0n) is 21.4. The van der Waals surface area contributed by atoms with E-state index in [9.17, 15) is 13.2 Å². The highest BCUT2D eigenvalue weighted by molar-refractivity contribution is 7.91. The molecule has 1 amide bonds. The van der Waals surface area contributed by atoms with Crippen LogP contribution in [0.25, 0.3) is 16.9 Å². The number of nitrogens with one attached hydrogen (secondary N) is 2. The van der Waals surface area contributed by atoms with Crippen LogP contribution in [0.5, 0.6) is 0 Å². The maximum absolute atomic E-state index is 12.4. The molecule has 2 heterocycles. The van der Waals surface area contributed by atoms with Crippen LogP contribution < -0.4 is 16.1 Å². The van der Waals surface area contributed by atoms with E-state index in [4.69, 9.17) is 19.4 Å². The first kappa shape index (κ1) is 27.4. The second-order valence-corrected chi connectivity index (χ2v) is 11.7. The number of halogens is 1. The van der Waals surface area contributed by atoms with E-state index in [2.05, 4.69) is 20.7 Å². The van der Waals surface area contributed by atoms with Crippen molar-refractivity contribution < 1.29 is 13.2 Å². The minimum atomic E-state index is -3.50. The molecule has 200 valence electrons. The summed E-state index contributed by atoms with van der Waals surface area (Å²) in [6, 6.07) is 25.2. The Hall–Kier alpha value is -4.15. The number of hydrogen-bond acceptors (Lipinski definition) is 6. The SMILES string of the molecule is [B]c1cnn2c(NCc3ccc(CNC(=O)CCS(=O)(=O)c4ccccc4)cc3)cc(-c3ccccc3Cl)nc12. The Morgan fingerprint density at radius 3 is 2.33 bits per heavy atom. The first-order chi connectivity index (χ1) is 19.3. The van der Waals surface area contributed by atoms with Gasteiger partial charge in [-0.25, -0.2) is 13.4 Å². The zero-order valence-corrected chi connectivity index (χ0v) is 23.0. The monoisotopic (exact) mass is 569 g/mol. The molecular formula is C29H25BClN5O3S. The van der Waals surface area contributed by atoms with E-state index in [-0.39, 0.29) is 23.0 Å². The maximum atomic E-state index is 12.4. The average molecular weight is 570 g/mol. The minimum absolute atomic E-state index is 0.103. The fourth-order valence-electron chi connectivity index (χ4n) is 4.14. The van der Waals surface area contributed by atoms with Crippen LogP contribution in [0.15, 0.2) is 96.0 Å². The number of nitrogens with zero attached hydrogens (tertiary/aromatic N) is 3. The van der Waals surface area contributed by atoms with Crippen molar-refractivity contribution in [1.82, 2.24) is 19.9 Å². The summed E-state index contributed by atoms with van der Waals surface area (Å²) in [5.74, 6) is 0.147. The third kappa shape index (κ3) is 6.35. The van der Waals surface area contributed by atoms with Gasteiger partial charge in [-0.2, -0.15) is 9.61 Å². The Labute approximate surface area is 238 Å². The third-order valence-electron chi connectivity index (χ3n) is 6.34. The summed E-state index contributed by atoms with van der Waals surface area (Å²) in [7, 11) is 2.61. The van der Waals surface area contributed by atoms with E-state index in [1.807, 2.05) is 54.6 Å². The summed E-state index contributed by atoms with van der Waals surface area (Å²) in [5, 5.41) is 11.1. The molecule has 0 saturated heterocycles. The summed E-state index contributed by atoms with van der Waals surface area (Å²) >= 11 is 6.40. The smallest absolute Gasteiger partial charge is 0.221 e. The second-order valence-electron chi connectivity index (χ2n) is 9.17. The molecule has 0 aliphatic heterocycles. The first-order valence-electron chi connectivity index (χ1n) is 12.6. The number of fused-ring (bicyclic) bond motifs is 1. The summed E-state index contributed by atoms with van der Waals surface area (Å²) in [4.78, 5) is 17.1. The number of anilines is 1. The molecule has 40 heavy (non-hydrogen) atoms. The van der Waals surface area contributed by atoms with Crippen LogP contribution in [0.1, 0.15) is 17.5 Å². The fraction of sp³-hybridized carbons (Fsp3) is 0.138. The van der Waals surface area contributed by atoms with E-state index in [0.717, 1.165) is 16.7 Å². The van der Waals surface area contributed by atoms with Crippen molar-refractivity contribution in [2.75, 3.05) is 11.1 Å². The molecule has 2 radical (unpaired) electrons. The second kappa shape index (κ2) is 11.9. The Morgan fingerprint density at radius 1 is 0.925 bits per heavy atom. The van der Waals surface area contributed by atoms with Crippen LogP contribution in [-0.4, -0.2) is 42.5 Å². The number of hydrogen-bond donors (Lipinski definition) is 2. The molecule has 0 saturated carbocycles. The largest absolute Gasteiger partial charge is 0.366 e. The topological polar surface area (TPSA) is 105 Å². The predicted molar refractivity (Wildman–Crippen MR) is 158 cm³/mol. The van der Waals surface area contributed by atoms with Gasteiger partial charge in [0.1, 0.15) is 13.7 Å². The number of amides is 1. The van der Waals surface area contributed by atoms with Crippen molar-refractivity contribution in [3.63, 3.8) is 0 Å². The molecule has 2 aromatic heterocycles. The first-order valence-corrected chi connectivity index (χ1v) is 14.6. The highest BCUT2D eigenvalue weighted by Gasteiger charge is 2.16. The molecule has 0 bridgehead atoms. The van der Waals surface area contributed by atoms with Crippen molar-refractivity contribution in [3.05, 3.63) is 107 Å². The summed E-state index contributed by atoms with van der Waals surface area (Å²) < 4.78 is 26.4. The summed E-state index contributed by atoms with van der Waals surface area (Å²) in [6.07, 6.45) is 1.46. The molecule has 5 aromatic rings. The standard InChI is InChI=1S/C29H25BClN5O3S/c30-24-19-34-36-27(16-26(35-29(24)36)23-8-4-5-9-25(23)31)32-17-20-10-12-21(13-11-20)18-33-28(37)14-15-40(38,39)22-6-2-1-3-7-22/h1-13,16,19,32H,14-15,17-18H2,(H,33,37). The quantitative estimate of drug-likeness (QED) is 0.247. The van der Waals surface area contributed by atoms with Gasteiger partial charge in [0.05, 0.1) is 16.3 Å². The van der Waals surface area contributed by atoms with Gasteiger partial charge in [0.25, 0.3) is 0 Å². The lowest BCUT2D eigenvalue weighted by atomic mass is 10.0. The van der Waals surface area contributed by atoms with E-state index in [1.54, 1.807) is 28.9 Å². The van der Waals surface area contributed by atoms with Gasteiger partial charge in [-0.05, 0) is 34.8 Å². The Bertz CT molecular complexity index is 1760. The molecular weight excluding hydrogens is 545 g/mol. The molecule has 0 aliphatic rings. The van der Waals surface area contributed by atoms with E-state index < -0.39 is 9.84 Å². The molecule has 8 nitrogen and oxygen atoms in total. The highest BCUT2D eigenvalue weighted by atomic mass is 35.5. The molecule has 0 unspecified atom stereocenters. The number of sulfone groups is 1. The van der Waals surface area contributed by atoms with Gasteiger partial charge in [-0.15, -0.1) is 0 Å². The Morgan fingerprint density at radius 2 is 1.60 bits per heavy atom. The van der Waals surface area contributed by atoms with Crippen molar-refractivity contribution in [1.29, 1.82) is 0 Å². The number of benzene rings is 3. The molecule has 2 N–H and O–H groups in total. The molecule has 0 spiro atoms. The van der Waals surface area contributed by atoms with Gasteiger partial charge in [0.2, 0.25) is 5.91 Å². The van der Waals surface area contributed by atoms with Crippen LogP contribution in [0.3, 0.4) is 0 Å². The summed E-state index contributed by atoms with van der Waals surface area (Å²) in [6.45, 7) is 0.807. The Kier molecular flexibility index (Phi) is 8.18. The number of rotatable bonds is 10. The van der Waals surface area contributed by atoms with Crippen molar-refractivity contribution >= 4 is 52.1 Å². The molecule has 11 heteroatoms. The number of carbonyl (C=O) groups excluding carboxylic acids is 1. The predicted octanol–water partition coefficient (Wildman–Crippen LogP) is 3.94. The normalized spacial score (nSPS) is 11.4. The highest BCUT2D eigenvalue weighted by Crippen LogP contribution is 2.28. The van der Waals surface area contributed by atoms with Gasteiger partial charge in [-0.1, -0.05) is 72.3 Å². The van der Waals surface area contributed by atoms with Gasteiger partial charge < -0.3 is 10.6 Å². The summed E-state index contributed by atoms with van der Waals surface area (Å²) in [5.41, 5.74) is 4.36. The van der Waals surface area contributed by atoms with Gasteiger partial charge in [-0.3, -0.25) is 4.79 Å². The molecule has 3 aromatic carbocycles. The van der Waals surface area contributed by atoms with Gasteiger partial charge in [0, 0.05) is 42.4 Å². The molecule has 0 aliphatic carbocycles. The van der Waals surface area contributed by atoms with Gasteiger partial charge >= 0.3 is 0 Å². The van der Waals surface area contributed by atoms with Crippen LogP contribution >= 0.6 is 11.6 Å². The average Bonchev–Trinajstić information content (AvgIpc) is 3.35. The van der Waals surface area contributed by atoms with Crippen LogP contribution in [0, 0.1) is 0 Å². The molecule has 0 atom stereocenters. The maximum Gasteiger partial charge on any atom is 0.221 e. The van der Waals surface area contributed by atoms with E-state index in [1.165, 1.54) is 12.1 Å². The number of aromatic nitrogens is 3. The van der Waals surface area contributed by atoms with Crippen LogP contribution in [0.4, 0.5) is 5.82 Å². The Balaban J connectivity index is 1.19. The van der Waals surface area contributed by atoms with E-state index in [0.29, 0.717) is 40.7 Å². The fourth-order valence-corrected chi connectivity index (χ4v) is 5.64. The van der Waals surface area contributed by atoms with Crippen molar-refractivity contribution in [2.24, 2.45) is 0 Å². The number of carbonyl (C=O) groups is 1. The van der Waals surface area contributed by atoms with Crippen molar-refractivity contribution in [3.8, 4) is 11.3 Å². The van der Waals surface area contributed by atoms with Crippen LogP contribution in [0.2, 0.25) is 5.02 Å². The zero-order chi connectivity index (χ0) is 28.1. The van der Waals surface area contributed by atoms with E-state index >= 15 is 0 Å². The van der Waals surface area contributed by atoms with Gasteiger partial charge in [0.15, 0.2) is 15.5 Å². The lowest BCUT2D eigenvalue weighted by Gasteiger charge is -2.12. The molecule has 0 fully saturated rings. The van der Waals surface area contributed by atoms with Crippen molar-refractivity contribution in [2.45, 2.75) is 24.4 Å².